The van der Waals surface area contributed by atoms with Crippen molar-refractivity contribution in [1.29, 1.82) is 0 Å². The van der Waals surface area contributed by atoms with Gasteiger partial charge in [-0.2, -0.15) is 5.10 Å². The van der Waals surface area contributed by atoms with Crippen LogP contribution in [0.4, 0.5) is 0 Å². The van der Waals surface area contributed by atoms with E-state index >= 15 is 0 Å². The van der Waals surface area contributed by atoms with Gasteiger partial charge in [0.15, 0.2) is 5.82 Å². The number of carbonyl (C=O) groups is 3. The van der Waals surface area contributed by atoms with E-state index in [1.807, 2.05) is 0 Å². The molecule has 0 aliphatic heterocycles. The van der Waals surface area contributed by atoms with Crippen molar-refractivity contribution in [1.82, 2.24) is 30.0 Å². The number of carbonyl (C=O) groups excluding carboxylic acids is 3. The number of amides is 2. The van der Waals surface area contributed by atoms with Crippen molar-refractivity contribution in [3.05, 3.63) is 60.6 Å². The molecule has 0 saturated carbocycles. The minimum Gasteiger partial charge on any atom is -0.365 e. The van der Waals surface area contributed by atoms with Crippen LogP contribution in [0.15, 0.2) is 49.2 Å². The van der Waals surface area contributed by atoms with E-state index < -0.39 is 23.6 Å². The zero-order chi connectivity index (χ0) is 18.5. The number of H-pyrrole nitrogens is 1. The summed E-state index contributed by atoms with van der Waals surface area (Å²) in [6.07, 6.45) is 6.03. The summed E-state index contributed by atoms with van der Waals surface area (Å²) in [5.41, 5.74) is 5.92. The molecule has 3 rings (SSSR count). The highest BCUT2D eigenvalue weighted by Gasteiger charge is 2.27. The lowest BCUT2D eigenvalue weighted by Crippen LogP contribution is -2.47. The van der Waals surface area contributed by atoms with E-state index in [1.165, 1.54) is 29.5 Å². The lowest BCUT2D eigenvalue weighted by molar-refractivity contribution is -0.137. The Morgan fingerprint density at radius 3 is 2.73 bits per heavy atom. The summed E-state index contributed by atoms with van der Waals surface area (Å²) in [5.74, 6) is -2.21. The number of Topliss-reactive ketones (excluding diaryl/α,β-unsaturated/α-hetero) is 1. The number of hydrogen-bond acceptors (Lipinski definition) is 6. The highest BCUT2D eigenvalue weighted by molar-refractivity contribution is 6.38. The van der Waals surface area contributed by atoms with Crippen LogP contribution in [0.25, 0.3) is 5.82 Å². The van der Waals surface area contributed by atoms with Gasteiger partial charge in [-0.25, -0.2) is 14.6 Å². The van der Waals surface area contributed by atoms with Crippen molar-refractivity contribution in [3.8, 4) is 5.82 Å². The maximum Gasteiger partial charge on any atom is 0.287 e. The van der Waals surface area contributed by atoms with Gasteiger partial charge in [-0.15, -0.1) is 0 Å². The molecule has 4 N–H and O–H groups in total. The lowest BCUT2D eigenvalue weighted by atomic mass is 10.1. The van der Waals surface area contributed by atoms with Gasteiger partial charge in [0, 0.05) is 30.6 Å². The van der Waals surface area contributed by atoms with E-state index in [9.17, 15) is 14.4 Å². The van der Waals surface area contributed by atoms with Gasteiger partial charge in [0.1, 0.15) is 18.1 Å². The van der Waals surface area contributed by atoms with Crippen LogP contribution in [0, 0.1) is 0 Å². The molecule has 2 amide bonds. The molecule has 26 heavy (non-hydrogen) atoms. The van der Waals surface area contributed by atoms with Crippen LogP contribution in [-0.4, -0.2) is 48.4 Å². The van der Waals surface area contributed by atoms with Gasteiger partial charge in [-0.05, 0) is 18.2 Å². The van der Waals surface area contributed by atoms with E-state index in [-0.39, 0.29) is 12.1 Å². The highest BCUT2D eigenvalue weighted by Crippen LogP contribution is 2.08. The van der Waals surface area contributed by atoms with Gasteiger partial charge in [-0.3, -0.25) is 14.4 Å². The van der Waals surface area contributed by atoms with Crippen LogP contribution in [0.2, 0.25) is 0 Å². The van der Waals surface area contributed by atoms with E-state index in [2.05, 4.69) is 25.4 Å². The van der Waals surface area contributed by atoms with E-state index in [4.69, 9.17) is 5.73 Å². The molecular weight excluding hydrogens is 338 g/mol. The van der Waals surface area contributed by atoms with Crippen LogP contribution in [0.5, 0.6) is 0 Å². The molecule has 0 radical (unpaired) electrons. The second-order valence-electron chi connectivity index (χ2n) is 5.35. The Labute approximate surface area is 147 Å². The molecule has 10 nitrogen and oxygen atoms in total. The fraction of sp³-hybridized carbons (Fsp3) is 0.125. The Kier molecular flexibility index (Phi) is 4.83. The summed E-state index contributed by atoms with van der Waals surface area (Å²) in [7, 11) is 0. The SMILES string of the molecule is NC(=O)C(=O)C(Cc1ccc[nH]1)NC(=O)c1ccnn1-c1ccncn1. The van der Waals surface area contributed by atoms with Crippen molar-refractivity contribution in [3.63, 3.8) is 0 Å². The van der Waals surface area contributed by atoms with Crippen molar-refractivity contribution in [2.75, 3.05) is 0 Å². The molecule has 0 bridgehead atoms. The predicted molar refractivity (Wildman–Crippen MR) is 89.1 cm³/mol. The number of primary amides is 1. The minimum absolute atomic E-state index is 0.0994. The van der Waals surface area contributed by atoms with Crippen LogP contribution in [0.1, 0.15) is 16.2 Å². The molecular formula is C16H15N7O3. The Bertz CT molecular complexity index is 918. The fourth-order valence-electron chi connectivity index (χ4n) is 2.39. The predicted octanol–water partition coefficient (Wildman–Crippen LogP) is -0.614. The van der Waals surface area contributed by atoms with E-state index in [0.29, 0.717) is 11.5 Å². The topological polar surface area (TPSA) is 149 Å². The zero-order valence-electron chi connectivity index (χ0n) is 13.5. The summed E-state index contributed by atoms with van der Waals surface area (Å²) in [5, 5.41) is 6.59. The quantitative estimate of drug-likeness (QED) is 0.482. The number of aromatic nitrogens is 5. The fourth-order valence-corrected chi connectivity index (χ4v) is 2.39. The third-order valence-electron chi connectivity index (χ3n) is 3.61. The van der Waals surface area contributed by atoms with E-state index in [0.717, 1.165) is 0 Å². The molecule has 0 fully saturated rings. The van der Waals surface area contributed by atoms with Crippen LogP contribution in [0.3, 0.4) is 0 Å². The molecule has 10 heteroatoms. The number of hydrogen-bond donors (Lipinski definition) is 3. The molecule has 132 valence electrons. The molecule has 3 aromatic rings. The third-order valence-corrected chi connectivity index (χ3v) is 3.61. The second kappa shape index (κ2) is 7.38. The number of nitrogens with one attached hydrogen (secondary N) is 2. The minimum atomic E-state index is -1.12. The number of nitrogens with two attached hydrogens (primary N) is 1. The molecule has 0 spiro atoms. The van der Waals surface area contributed by atoms with Gasteiger partial charge < -0.3 is 16.0 Å². The average molecular weight is 353 g/mol. The molecule has 0 aliphatic rings. The highest BCUT2D eigenvalue weighted by atomic mass is 16.2. The molecule has 1 unspecified atom stereocenters. The molecule has 3 heterocycles. The number of ketones is 1. The first-order valence-electron chi connectivity index (χ1n) is 7.63. The largest absolute Gasteiger partial charge is 0.365 e. The Morgan fingerprint density at radius 1 is 1.23 bits per heavy atom. The van der Waals surface area contributed by atoms with Crippen molar-refractivity contribution < 1.29 is 14.4 Å². The van der Waals surface area contributed by atoms with Gasteiger partial charge in [0.05, 0.1) is 6.20 Å². The molecule has 0 aromatic carbocycles. The first-order valence-corrected chi connectivity index (χ1v) is 7.63. The standard InChI is InChI=1S/C16H15N7O3/c17-15(25)14(24)11(8-10-2-1-5-19-10)22-16(26)12-3-7-21-23(12)13-4-6-18-9-20-13/h1-7,9,11,19H,8H2,(H2,17,25)(H,22,26). The van der Waals surface area contributed by atoms with Crippen molar-refractivity contribution >= 4 is 17.6 Å². The first-order chi connectivity index (χ1) is 12.6. The average Bonchev–Trinajstić information content (AvgIpc) is 3.32. The normalized spacial score (nSPS) is 11.7. The number of nitrogens with zero attached hydrogens (tertiary/aromatic N) is 4. The summed E-state index contributed by atoms with van der Waals surface area (Å²) in [6.45, 7) is 0. The summed E-state index contributed by atoms with van der Waals surface area (Å²) in [4.78, 5) is 46.8. The monoisotopic (exact) mass is 353 g/mol. The van der Waals surface area contributed by atoms with Crippen LogP contribution < -0.4 is 11.1 Å². The second-order valence-corrected chi connectivity index (χ2v) is 5.35. The van der Waals surface area contributed by atoms with Crippen LogP contribution in [-0.2, 0) is 16.0 Å². The molecule has 3 aromatic heterocycles. The maximum atomic E-state index is 12.6. The third kappa shape index (κ3) is 3.64. The Morgan fingerprint density at radius 2 is 2.08 bits per heavy atom. The number of aromatic amines is 1. The first kappa shape index (κ1) is 17.0. The summed E-state index contributed by atoms with van der Waals surface area (Å²) < 4.78 is 1.30. The van der Waals surface area contributed by atoms with Crippen molar-refractivity contribution in [2.45, 2.75) is 12.5 Å². The Balaban J connectivity index is 1.83. The summed E-state index contributed by atoms with van der Waals surface area (Å²) in [6, 6.07) is 5.42. The smallest absolute Gasteiger partial charge is 0.287 e. The zero-order valence-corrected chi connectivity index (χ0v) is 13.5. The maximum absolute atomic E-state index is 12.6. The number of rotatable bonds is 7. The summed E-state index contributed by atoms with van der Waals surface area (Å²) >= 11 is 0. The van der Waals surface area contributed by atoms with Gasteiger partial charge in [-0.1, -0.05) is 0 Å². The molecule has 1 atom stereocenters. The molecule has 0 aliphatic carbocycles. The van der Waals surface area contributed by atoms with Gasteiger partial charge in [0.25, 0.3) is 11.8 Å². The van der Waals surface area contributed by atoms with Gasteiger partial charge in [0.2, 0.25) is 5.78 Å². The van der Waals surface area contributed by atoms with E-state index in [1.54, 1.807) is 24.4 Å². The van der Waals surface area contributed by atoms with Gasteiger partial charge >= 0.3 is 0 Å². The lowest BCUT2D eigenvalue weighted by Gasteiger charge is -2.16. The van der Waals surface area contributed by atoms with Crippen molar-refractivity contribution in [2.24, 2.45) is 5.73 Å². The van der Waals surface area contributed by atoms with Crippen LogP contribution >= 0.6 is 0 Å². The Hall–Kier alpha value is -3.82. The molecule has 0 saturated heterocycles.